The van der Waals surface area contributed by atoms with Gasteiger partial charge in [0.15, 0.2) is 0 Å². The van der Waals surface area contributed by atoms with Crippen LogP contribution in [0.25, 0.3) is 0 Å². The molecule has 60 valence electrons. The number of nitrogens with one attached hydrogen (secondary N) is 1. The minimum absolute atomic E-state index is 0.444. The highest BCUT2D eigenvalue weighted by Gasteiger charge is 2.28. The number of hydrogen-bond donors (Lipinski definition) is 2. The third-order valence-corrected chi connectivity index (χ3v) is 1.80. The number of carbonyl (C=O) groups is 1. The lowest BCUT2D eigenvalue weighted by atomic mass is 9.99. The molecule has 1 rings (SSSR count). The van der Waals surface area contributed by atoms with E-state index in [2.05, 4.69) is 5.32 Å². The normalized spacial score (nSPS) is 29.1. The zero-order valence-corrected chi connectivity index (χ0v) is 6.85. The quantitative estimate of drug-likeness (QED) is 0.604. The average molecular weight is 173 g/mol. The topological polar surface area (TPSA) is 55.1 Å². The van der Waals surface area contributed by atoms with E-state index >= 15 is 0 Å². The van der Waals surface area contributed by atoms with Gasteiger partial charge < -0.3 is 11.1 Å². The van der Waals surface area contributed by atoms with Gasteiger partial charge in [0.1, 0.15) is 5.54 Å². The number of dihydropyridines is 1. The van der Waals surface area contributed by atoms with Gasteiger partial charge in [0.2, 0.25) is 5.91 Å². The molecule has 1 amide bonds. The second kappa shape index (κ2) is 2.58. The summed E-state index contributed by atoms with van der Waals surface area (Å²) < 4.78 is 0. The van der Waals surface area contributed by atoms with Crippen molar-refractivity contribution in [2.45, 2.75) is 12.5 Å². The van der Waals surface area contributed by atoms with Crippen LogP contribution in [0.3, 0.4) is 0 Å². The predicted molar refractivity (Wildman–Crippen MR) is 43.8 cm³/mol. The average Bonchev–Trinajstić information content (AvgIpc) is 1.86. The van der Waals surface area contributed by atoms with Gasteiger partial charge in [-0.15, -0.1) is 0 Å². The molecular formula is C7H9ClN2O. The van der Waals surface area contributed by atoms with Gasteiger partial charge in [-0.05, 0) is 25.3 Å². The molecule has 0 fully saturated rings. The number of amides is 1. The summed E-state index contributed by atoms with van der Waals surface area (Å²) in [4.78, 5) is 10.8. The van der Waals surface area contributed by atoms with Crippen molar-refractivity contribution in [3.8, 4) is 0 Å². The van der Waals surface area contributed by atoms with Crippen molar-refractivity contribution in [2.75, 3.05) is 0 Å². The van der Waals surface area contributed by atoms with Crippen LogP contribution in [0.5, 0.6) is 0 Å². The number of hydrogen-bond acceptors (Lipinski definition) is 2. The highest BCUT2D eigenvalue weighted by Crippen LogP contribution is 2.16. The summed E-state index contributed by atoms with van der Waals surface area (Å²) in [7, 11) is 0. The van der Waals surface area contributed by atoms with Crippen LogP contribution in [-0.2, 0) is 4.79 Å². The number of nitrogens with two attached hydrogens (primary N) is 1. The molecule has 1 heterocycles. The molecule has 0 bridgehead atoms. The standard InChI is InChI=1S/C7H9ClN2O/c1-7(6(9)11)4-5(8)2-3-10-7/h2-4,10H,1H3,(H2,9,11). The molecule has 1 atom stereocenters. The fourth-order valence-electron chi connectivity index (χ4n) is 0.802. The monoisotopic (exact) mass is 172 g/mol. The van der Waals surface area contributed by atoms with Gasteiger partial charge in [0.25, 0.3) is 0 Å². The number of halogens is 1. The Hall–Kier alpha value is -0.960. The van der Waals surface area contributed by atoms with Crippen molar-refractivity contribution in [3.05, 3.63) is 23.4 Å². The molecule has 3 N–H and O–H groups in total. The minimum atomic E-state index is -0.841. The Morgan fingerprint density at radius 2 is 2.45 bits per heavy atom. The summed E-state index contributed by atoms with van der Waals surface area (Å²) in [6.07, 6.45) is 4.84. The lowest BCUT2D eigenvalue weighted by Crippen LogP contribution is -2.50. The first-order chi connectivity index (χ1) is 5.04. The number of allylic oxidation sites excluding steroid dienone is 2. The number of primary amides is 1. The van der Waals surface area contributed by atoms with E-state index in [9.17, 15) is 4.79 Å². The summed E-state index contributed by atoms with van der Waals surface area (Å²) in [5.41, 5.74) is 4.28. The summed E-state index contributed by atoms with van der Waals surface area (Å²) in [6.45, 7) is 1.67. The molecule has 1 aliphatic rings. The molecule has 11 heavy (non-hydrogen) atoms. The van der Waals surface area contributed by atoms with Crippen LogP contribution >= 0.6 is 11.6 Å². The Kier molecular flexibility index (Phi) is 1.91. The zero-order chi connectivity index (χ0) is 8.48. The zero-order valence-electron chi connectivity index (χ0n) is 6.10. The maximum atomic E-state index is 10.8. The van der Waals surface area contributed by atoms with E-state index in [4.69, 9.17) is 17.3 Å². The molecule has 0 aliphatic carbocycles. The summed E-state index contributed by atoms with van der Waals surface area (Å²) in [5.74, 6) is -0.444. The summed E-state index contributed by atoms with van der Waals surface area (Å²) in [6, 6.07) is 0. The van der Waals surface area contributed by atoms with Gasteiger partial charge in [-0.1, -0.05) is 11.6 Å². The minimum Gasteiger partial charge on any atom is -0.374 e. The predicted octanol–water partition coefficient (Wildman–Crippen LogP) is 0.470. The lowest BCUT2D eigenvalue weighted by Gasteiger charge is -2.25. The fourth-order valence-corrected chi connectivity index (χ4v) is 1.08. The van der Waals surface area contributed by atoms with Crippen molar-refractivity contribution in [1.29, 1.82) is 0 Å². The van der Waals surface area contributed by atoms with Crippen molar-refractivity contribution < 1.29 is 4.79 Å². The van der Waals surface area contributed by atoms with E-state index in [1.165, 1.54) is 0 Å². The molecule has 0 aromatic rings. The van der Waals surface area contributed by atoms with Crippen LogP contribution in [0.2, 0.25) is 0 Å². The highest BCUT2D eigenvalue weighted by atomic mass is 35.5. The Morgan fingerprint density at radius 1 is 1.82 bits per heavy atom. The molecular weight excluding hydrogens is 164 g/mol. The second-order valence-electron chi connectivity index (χ2n) is 2.57. The van der Waals surface area contributed by atoms with Crippen LogP contribution in [0, 0.1) is 0 Å². The van der Waals surface area contributed by atoms with E-state index in [1.54, 1.807) is 25.3 Å². The Morgan fingerprint density at radius 3 is 2.82 bits per heavy atom. The van der Waals surface area contributed by atoms with Crippen LogP contribution in [0.1, 0.15) is 6.92 Å². The van der Waals surface area contributed by atoms with Gasteiger partial charge in [0, 0.05) is 5.03 Å². The molecule has 3 nitrogen and oxygen atoms in total. The molecule has 0 aromatic carbocycles. The Balaban J connectivity index is 2.92. The molecule has 0 radical (unpaired) electrons. The van der Waals surface area contributed by atoms with Crippen LogP contribution < -0.4 is 11.1 Å². The molecule has 0 spiro atoms. The van der Waals surface area contributed by atoms with E-state index in [0.29, 0.717) is 5.03 Å². The van der Waals surface area contributed by atoms with Crippen molar-refractivity contribution in [3.63, 3.8) is 0 Å². The Bertz CT molecular complexity index is 247. The SMILES string of the molecule is CC1(C(N)=O)C=C(Cl)C=CN1. The lowest BCUT2D eigenvalue weighted by molar-refractivity contribution is -0.121. The Labute approximate surface area is 69.9 Å². The van der Waals surface area contributed by atoms with Gasteiger partial charge in [-0.25, -0.2) is 0 Å². The molecule has 0 saturated heterocycles. The first-order valence-corrected chi connectivity index (χ1v) is 3.55. The molecule has 0 saturated carbocycles. The van der Waals surface area contributed by atoms with Crippen molar-refractivity contribution in [1.82, 2.24) is 5.32 Å². The van der Waals surface area contributed by atoms with E-state index in [-0.39, 0.29) is 0 Å². The third-order valence-electron chi connectivity index (χ3n) is 1.56. The molecule has 1 unspecified atom stereocenters. The van der Waals surface area contributed by atoms with E-state index in [1.807, 2.05) is 0 Å². The van der Waals surface area contributed by atoms with Crippen LogP contribution in [0.15, 0.2) is 23.4 Å². The second-order valence-corrected chi connectivity index (χ2v) is 3.01. The highest BCUT2D eigenvalue weighted by molar-refractivity contribution is 6.31. The van der Waals surface area contributed by atoms with Crippen LogP contribution in [-0.4, -0.2) is 11.4 Å². The van der Waals surface area contributed by atoms with Crippen molar-refractivity contribution >= 4 is 17.5 Å². The first-order valence-electron chi connectivity index (χ1n) is 3.17. The molecule has 4 heteroatoms. The smallest absolute Gasteiger partial charge is 0.246 e. The molecule has 0 aromatic heterocycles. The summed E-state index contributed by atoms with van der Waals surface area (Å²) >= 11 is 5.67. The van der Waals surface area contributed by atoms with Gasteiger partial charge in [0.05, 0.1) is 0 Å². The van der Waals surface area contributed by atoms with E-state index in [0.717, 1.165) is 0 Å². The molecule has 1 aliphatic heterocycles. The maximum absolute atomic E-state index is 10.8. The van der Waals surface area contributed by atoms with Gasteiger partial charge in [-0.2, -0.15) is 0 Å². The fraction of sp³-hybridized carbons (Fsp3) is 0.286. The first kappa shape index (κ1) is 8.14. The van der Waals surface area contributed by atoms with Gasteiger partial charge >= 0.3 is 0 Å². The maximum Gasteiger partial charge on any atom is 0.246 e. The van der Waals surface area contributed by atoms with Crippen molar-refractivity contribution in [2.24, 2.45) is 5.73 Å². The number of carbonyl (C=O) groups excluding carboxylic acids is 1. The van der Waals surface area contributed by atoms with Gasteiger partial charge in [-0.3, -0.25) is 4.79 Å². The third kappa shape index (κ3) is 1.54. The van der Waals surface area contributed by atoms with Crippen LogP contribution in [0.4, 0.5) is 0 Å². The van der Waals surface area contributed by atoms with E-state index < -0.39 is 11.4 Å². The number of rotatable bonds is 1. The summed E-state index contributed by atoms with van der Waals surface area (Å²) in [5, 5.41) is 3.33. The largest absolute Gasteiger partial charge is 0.374 e.